The molecule has 0 unspecified atom stereocenters. The molecule has 11 heteroatoms. The fourth-order valence-electron chi connectivity index (χ4n) is 2.28. The summed E-state index contributed by atoms with van der Waals surface area (Å²) in [6.07, 6.45) is 0. The van der Waals surface area contributed by atoms with Crippen LogP contribution in [0, 0.1) is 15.9 Å². The number of carbonyl (C=O) groups excluding carboxylic acids is 1. The minimum atomic E-state index is -1.04. The molecule has 0 aliphatic carbocycles. The van der Waals surface area contributed by atoms with E-state index in [0.717, 1.165) is 12.1 Å². The van der Waals surface area contributed by atoms with Gasteiger partial charge in [-0.3, -0.25) is 14.9 Å². The van der Waals surface area contributed by atoms with Crippen molar-refractivity contribution in [1.29, 1.82) is 0 Å². The number of hydrogen-bond acceptors (Lipinski definition) is 7. The van der Waals surface area contributed by atoms with Crippen LogP contribution in [0.2, 0.25) is 0 Å². The van der Waals surface area contributed by atoms with Crippen LogP contribution in [0.5, 0.6) is 5.75 Å². The maximum atomic E-state index is 13.5. The maximum absolute atomic E-state index is 13.5. The standard InChI is InChI=1S/C16H13FN6O4/c1-22-16(19-20-21-22)10-3-2-4-11(7-10)18-15(24)9-27-12-5-6-14(23(25)26)13(17)8-12/h2-8H,9H2,1H3,(H,18,24). The summed E-state index contributed by atoms with van der Waals surface area (Å²) in [6, 6.07) is 9.93. The van der Waals surface area contributed by atoms with Gasteiger partial charge in [-0.05, 0) is 28.6 Å². The molecule has 3 aromatic rings. The average molecular weight is 372 g/mol. The Morgan fingerprint density at radius 3 is 2.81 bits per heavy atom. The highest BCUT2D eigenvalue weighted by Gasteiger charge is 2.15. The number of halogens is 1. The second-order valence-electron chi connectivity index (χ2n) is 5.41. The van der Waals surface area contributed by atoms with Crippen molar-refractivity contribution in [3.63, 3.8) is 0 Å². The Morgan fingerprint density at radius 2 is 2.15 bits per heavy atom. The Kier molecular flexibility index (Phi) is 5.01. The van der Waals surface area contributed by atoms with Gasteiger partial charge < -0.3 is 10.1 Å². The second kappa shape index (κ2) is 7.56. The first-order valence-electron chi connectivity index (χ1n) is 7.63. The molecule has 0 saturated carbocycles. The van der Waals surface area contributed by atoms with Crippen molar-refractivity contribution < 1.29 is 18.8 Å². The molecule has 0 aliphatic rings. The van der Waals surface area contributed by atoms with Gasteiger partial charge in [-0.1, -0.05) is 12.1 Å². The Labute approximate surface area is 151 Å². The number of aryl methyl sites for hydroxylation is 1. The monoisotopic (exact) mass is 372 g/mol. The van der Waals surface area contributed by atoms with E-state index in [1.807, 2.05) is 0 Å². The topological polar surface area (TPSA) is 125 Å². The summed E-state index contributed by atoms with van der Waals surface area (Å²) in [7, 11) is 1.69. The summed E-state index contributed by atoms with van der Waals surface area (Å²) in [4.78, 5) is 21.8. The number of rotatable bonds is 6. The van der Waals surface area contributed by atoms with Gasteiger partial charge in [-0.2, -0.15) is 4.39 Å². The highest BCUT2D eigenvalue weighted by atomic mass is 19.1. The van der Waals surface area contributed by atoms with Crippen LogP contribution in [0.15, 0.2) is 42.5 Å². The molecule has 10 nitrogen and oxygen atoms in total. The highest BCUT2D eigenvalue weighted by molar-refractivity contribution is 5.92. The van der Waals surface area contributed by atoms with E-state index in [1.165, 1.54) is 10.7 Å². The molecule has 3 rings (SSSR count). The second-order valence-corrected chi connectivity index (χ2v) is 5.41. The van der Waals surface area contributed by atoms with Gasteiger partial charge in [0, 0.05) is 30.4 Å². The predicted molar refractivity (Wildman–Crippen MR) is 91.4 cm³/mol. The molecule has 1 N–H and O–H groups in total. The molecule has 1 heterocycles. The fraction of sp³-hybridized carbons (Fsp3) is 0.125. The Morgan fingerprint density at radius 1 is 1.33 bits per heavy atom. The van der Waals surface area contributed by atoms with Gasteiger partial charge in [0.05, 0.1) is 4.92 Å². The number of hydrogen-bond donors (Lipinski definition) is 1. The van der Waals surface area contributed by atoms with E-state index in [-0.39, 0.29) is 5.75 Å². The minimum absolute atomic E-state index is 0.00663. The molecule has 2 aromatic carbocycles. The smallest absolute Gasteiger partial charge is 0.305 e. The lowest BCUT2D eigenvalue weighted by atomic mass is 10.2. The number of nitrogens with one attached hydrogen (secondary N) is 1. The third-order valence-electron chi connectivity index (χ3n) is 3.51. The quantitative estimate of drug-likeness (QED) is 0.518. The van der Waals surface area contributed by atoms with Gasteiger partial charge in [0.1, 0.15) is 5.75 Å². The number of nitro benzene ring substituents is 1. The van der Waals surface area contributed by atoms with Gasteiger partial charge in [0.25, 0.3) is 5.91 Å². The SMILES string of the molecule is Cn1nnnc1-c1cccc(NC(=O)COc2ccc([N+](=O)[O-])c(F)c2)c1. The van der Waals surface area contributed by atoms with E-state index in [2.05, 4.69) is 20.8 Å². The van der Waals surface area contributed by atoms with Crippen molar-refractivity contribution in [2.75, 3.05) is 11.9 Å². The van der Waals surface area contributed by atoms with Gasteiger partial charge in [0.15, 0.2) is 12.4 Å². The number of nitro groups is 1. The summed E-state index contributed by atoms with van der Waals surface area (Å²) < 4.78 is 20.2. The number of benzene rings is 2. The van der Waals surface area contributed by atoms with Crippen LogP contribution in [0.1, 0.15) is 0 Å². The number of nitrogens with zero attached hydrogens (tertiary/aromatic N) is 5. The molecular weight excluding hydrogens is 359 g/mol. The molecule has 0 atom stereocenters. The number of ether oxygens (including phenoxy) is 1. The van der Waals surface area contributed by atoms with E-state index < -0.39 is 28.9 Å². The molecular formula is C16H13FN6O4. The molecule has 138 valence electrons. The number of amides is 1. The lowest BCUT2D eigenvalue weighted by Gasteiger charge is -2.08. The first-order chi connectivity index (χ1) is 12.9. The predicted octanol–water partition coefficient (Wildman–Crippen LogP) is 1.94. The Hall–Kier alpha value is -3.89. The lowest BCUT2D eigenvalue weighted by Crippen LogP contribution is -2.20. The van der Waals surface area contributed by atoms with Crippen molar-refractivity contribution in [3.05, 3.63) is 58.4 Å². The Balaban J connectivity index is 1.62. The van der Waals surface area contributed by atoms with Crippen molar-refractivity contribution >= 4 is 17.3 Å². The molecule has 0 radical (unpaired) electrons. The van der Waals surface area contributed by atoms with Gasteiger partial charge >= 0.3 is 5.69 Å². The summed E-state index contributed by atoms with van der Waals surface area (Å²) >= 11 is 0. The zero-order chi connectivity index (χ0) is 19.4. The molecule has 1 amide bonds. The number of carbonyl (C=O) groups is 1. The Bertz CT molecular complexity index is 1010. The normalized spacial score (nSPS) is 10.4. The van der Waals surface area contributed by atoms with Gasteiger partial charge in [-0.25, -0.2) is 4.68 Å². The van der Waals surface area contributed by atoms with Crippen LogP contribution in [0.3, 0.4) is 0 Å². The molecule has 0 fully saturated rings. The number of anilines is 1. The van der Waals surface area contributed by atoms with Crippen molar-refractivity contribution in [2.45, 2.75) is 0 Å². The molecule has 0 spiro atoms. The van der Waals surface area contributed by atoms with Gasteiger partial charge in [0.2, 0.25) is 5.82 Å². The minimum Gasteiger partial charge on any atom is -0.484 e. The van der Waals surface area contributed by atoms with Crippen LogP contribution in [0.25, 0.3) is 11.4 Å². The summed E-state index contributed by atoms with van der Waals surface area (Å²) in [5.74, 6) is -0.985. The lowest BCUT2D eigenvalue weighted by molar-refractivity contribution is -0.387. The zero-order valence-electron chi connectivity index (χ0n) is 14.0. The number of tetrazole rings is 1. The summed E-state index contributed by atoms with van der Waals surface area (Å²) in [5.41, 5.74) is 0.541. The summed E-state index contributed by atoms with van der Waals surface area (Å²) in [6.45, 7) is -0.396. The van der Waals surface area contributed by atoms with E-state index in [9.17, 15) is 19.3 Å². The molecule has 0 bridgehead atoms. The highest BCUT2D eigenvalue weighted by Crippen LogP contribution is 2.22. The van der Waals surface area contributed by atoms with Crippen LogP contribution in [-0.4, -0.2) is 37.6 Å². The van der Waals surface area contributed by atoms with E-state index in [1.54, 1.807) is 31.3 Å². The maximum Gasteiger partial charge on any atom is 0.305 e. The molecule has 27 heavy (non-hydrogen) atoms. The van der Waals surface area contributed by atoms with E-state index in [4.69, 9.17) is 4.74 Å². The van der Waals surface area contributed by atoms with Gasteiger partial charge in [-0.15, -0.1) is 5.10 Å². The largest absolute Gasteiger partial charge is 0.484 e. The third kappa shape index (κ3) is 4.21. The third-order valence-corrected chi connectivity index (χ3v) is 3.51. The van der Waals surface area contributed by atoms with Crippen LogP contribution < -0.4 is 10.1 Å². The molecule has 1 aromatic heterocycles. The summed E-state index contributed by atoms with van der Waals surface area (Å²) in [5, 5.41) is 24.4. The zero-order valence-corrected chi connectivity index (χ0v) is 14.0. The molecule has 0 aliphatic heterocycles. The average Bonchev–Trinajstić information content (AvgIpc) is 3.06. The fourth-order valence-corrected chi connectivity index (χ4v) is 2.28. The van der Waals surface area contributed by atoms with E-state index in [0.29, 0.717) is 17.1 Å². The van der Waals surface area contributed by atoms with Crippen molar-refractivity contribution in [1.82, 2.24) is 20.2 Å². The van der Waals surface area contributed by atoms with Crippen molar-refractivity contribution in [3.8, 4) is 17.1 Å². The van der Waals surface area contributed by atoms with Crippen LogP contribution in [-0.2, 0) is 11.8 Å². The first kappa shape index (κ1) is 17.9. The van der Waals surface area contributed by atoms with Crippen molar-refractivity contribution in [2.24, 2.45) is 7.05 Å². The number of aromatic nitrogens is 4. The van der Waals surface area contributed by atoms with Crippen LogP contribution in [0.4, 0.5) is 15.8 Å². The first-order valence-corrected chi connectivity index (χ1v) is 7.63. The van der Waals surface area contributed by atoms with Crippen LogP contribution >= 0.6 is 0 Å². The van der Waals surface area contributed by atoms with E-state index >= 15 is 0 Å². The molecule has 0 saturated heterocycles.